The first-order valence-electron chi connectivity index (χ1n) is 26.4. The van der Waals surface area contributed by atoms with Gasteiger partial charge in [0.05, 0.1) is 0 Å². The van der Waals surface area contributed by atoms with Crippen LogP contribution in [0.3, 0.4) is 0 Å². The molecule has 3 aromatic carbocycles. The molecule has 0 bridgehead atoms. The van der Waals surface area contributed by atoms with E-state index in [1.807, 2.05) is 54.6 Å². The number of carbonyl (C=O) groups is 1. The molecule has 6 unspecified atom stereocenters. The van der Waals surface area contributed by atoms with Gasteiger partial charge in [-0.3, -0.25) is 4.79 Å². The lowest BCUT2D eigenvalue weighted by Crippen LogP contribution is -2.23. The SMILES string of the molecule is CC(N)=O.CCCCCCCC[S+]([O-])C(C)Cc1ccc2c(c1)OCO2.CCCCCCCC[S+]([O-])C(C)Cc1ccc2c(c1)OCO2.CCCCCCCC[S+]([O-])C(C)Cc1ccc2c(c1)OCO2. The van der Waals surface area contributed by atoms with Gasteiger partial charge in [0.15, 0.2) is 34.5 Å². The molecule has 3 heterocycles. The van der Waals surface area contributed by atoms with Crippen molar-refractivity contribution in [1.29, 1.82) is 0 Å². The van der Waals surface area contributed by atoms with Gasteiger partial charge in [0.2, 0.25) is 26.3 Å². The maximum Gasteiger partial charge on any atom is 0.231 e. The van der Waals surface area contributed by atoms with Gasteiger partial charge in [-0.25, -0.2) is 0 Å². The van der Waals surface area contributed by atoms with Crippen molar-refractivity contribution in [3.63, 3.8) is 0 Å². The van der Waals surface area contributed by atoms with Crippen LogP contribution in [0.2, 0.25) is 0 Å². The van der Waals surface area contributed by atoms with Crippen LogP contribution in [-0.2, 0) is 57.6 Å². The van der Waals surface area contributed by atoms with Gasteiger partial charge in [-0.1, -0.05) is 150 Å². The van der Waals surface area contributed by atoms with Crippen LogP contribution >= 0.6 is 0 Å². The van der Waals surface area contributed by atoms with Crippen molar-refractivity contribution >= 4 is 39.4 Å². The van der Waals surface area contributed by atoms with E-state index in [9.17, 15) is 18.5 Å². The van der Waals surface area contributed by atoms with E-state index in [1.165, 1.54) is 120 Å². The lowest BCUT2D eigenvalue weighted by molar-refractivity contribution is -0.115. The van der Waals surface area contributed by atoms with Crippen LogP contribution in [0, 0.1) is 0 Å². The Morgan fingerprint density at radius 3 is 0.929 bits per heavy atom. The Kier molecular flexibility index (Phi) is 32.1. The maximum absolute atomic E-state index is 12.3. The number of nitrogens with two attached hydrogens (primary N) is 1. The fraction of sp³-hybridized carbons (Fsp3) is 0.661. The summed E-state index contributed by atoms with van der Waals surface area (Å²) >= 11 is -2.23. The van der Waals surface area contributed by atoms with E-state index in [-0.39, 0.29) is 21.7 Å². The zero-order valence-electron chi connectivity index (χ0n) is 43.9. The van der Waals surface area contributed by atoms with E-state index >= 15 is 0 Å². The molecule has 0 fully saturated rings. The minimum atomic E-state index is -0.743. The van der Waals surface area contributed by atoms with Crippen molar-refractivity contribution in [2.75, 3.05) is 37.6 Å². The van der Waals surface area contributed by atoms with Crippen LogP contribution < -0.4 is 34.2 Å². The van der Waals surface area contributed by atoms with Crippen LogP contribution in [0.15, 0.2) is 54.6 Å². The predicted octanol–water partition coefficient (Wildman–Crippen LogP) is 12.9. The van der Waals surface area contributed by atoms with Gasteiger partial charge in [-0.05, 0) is 112 Å². The molecule has 3 aromatic rings. The number of benzene rings is 3. The normalized spacial score (nSPS) is 15.2. The van der Waals surface area contributed by atoms with Crippen LogP contribution in [0.1, 0.15) is 181 Å². The number of hydrogen-bond acceptors (Lipinski definition) is 10. The summed E-state index contributed by atoms with van der Waals surface area (Å²) in [6.45, 7) is 15.1. The Morgan fingerprint density at radius 1 is 0.443 bits per heavy atom. The summed E-state index contributed by atoms with van der Waals surface area (Å²) in [6, 6.07) is 18.0. The standard InChI is InChI=1S/3C18H28O3S.C2H5NO/c3*1-3-4-5-6-7-8-11-22(19)15(2)12-16-9-10-17-18(13-16)21-14-20-17;1-2(3)4/h3*9-10,13,15H,3-8,11-12,14H2,1-2H3;1H3,(H2,3,4). The highest BCUT2D eigenvalue weighted by molar-refractivity contribution is 7.92. The van der Waals surface area contributed by atoms with Gasteiger partial charge >= 0.3 is 0 Å². The van der Waals surface area contributed by atoms with Crippen molar-refractivity contribution in [1.82, 2.24) is 0 Å². The molecule has 3 aliphatic heterocycles. The second kappa shape index (κ2) is 36.7. The lowest BCUT2D eigenvalue weighted by Gasteiger charge is -2.18. The number of primary amides is 1. The molecule has 0 saturated carbocycles. The molecule has 0 saturated heterocycles. The van der Waals surface area contributed by atoms with Crippen molar-refractivity contribution in [3.8, 4) is 34.5 Å². The average molecular weight is 1030 g/mol. The van der Waals surface area contributed by atoms with Gasteiger partial charge in [-0.15, -0.1) is 0 Å². The molecular weight excluding hydrogens is 943 g/mol. The Labute approximate surface area is 432 Å². The lowest BCUT2D eigenvalue weighted by atomic mass is 10.1. The number of hydrogen-bond donors (Lipinski definition) is 1. The molecule has 11 nitrogen and oxygen atoms in total. The fourth-order valence-electron chi connectivity index (χ4n) is 8.16. The van der Waals surface area contributed by atoms with Crippen molar-refractivity contribution in [2.45, 2.75) is 199 Å². The fourth-order valence-corrected chi connectivity index (χ4v) is 12.0. The Bertz CT molecular complexity index is 1650. The highest BCUT2D eigenvalue weighted by Gasteiger charge is 2.23. The zero-order chi connectivity index (χ0) is 50.9. The third-order valence-corrected chi connectivity index (χ3v) is 17.6. The topological polar surface area (TPSA) is 168 Å². The first-order chi connectivity index (χ1) is 33.8. The highest BCUT2D eigenvalue weighted by Crippen LogP contribution is 2.35. The molecule has 6 atom stereocenters. The van der Waals surface area contributed by atoms with E-state index in [1.54, 1.807) is 0 Å². The van der Waals surface area contributed by atoms with Gasteiger partial charge in [0, 0.05) is 26.2 Å². The third kappa shape index (κ3) is 25.5. The van der Waals surface area contributed by atoms with Crippen molar-refractivity contribution < 1.29 is 46.9 Å². The quantitative estimate of drug-likeness (QED) is 0.0501. The van der Waals surface area contributed by atoms with E-state index in [4.69, 9.17) is 28.4 Å². The molecule has 0 radical (unpaired) electrons. The van der Waals surface area contributed by atoms with Crippen molar-refractivity contribution in [3.05, 3.63) is 71.3 Å². The number of carbonyl (C=O) groups excluding carboxylic acids is 1. The van der Waals surface area contributed by atoms with Crippen LogP contribution in [0.5, 0.6) is 34.5 Å². The smallest absolute Gasteiger partial charge is 0.231 e. The number of rotatable bonds is 30. The Hall–Kier alpha value is -3.14. The third-order valence-electron chi connectivity index (χ3n) is 12.3. The monoisotopic (exact) mass is 1030 g/mol. The van der Waals surface area contributed by atoms with E-state index in [0.29, 0.717) is 20.4 Å². The summed E-state index contributed by atoms with van der Waals surface area (Å²) in [5.74, 6) is 7.02. The summed E-state index contributed by atoms with van der Waals surface area (Å²) in [5.41, 5.74) is 7.99. The molecule has 3 aliphatic rings. The molecule has 0 aliphatic carbocycles. The molecule has 14 heteroatoms. The van der Waals surface area contributed by atoms with Gasteiger partial charge in [0.25, 0.3) is 0 Å². The van der Waals surface area contributed by atoms with Crippen LogP contribution in [0.25, 0.3) is 0 Å². The number of unbranched alkanes of at least 4 members (excludes halogenated alkanes) is 15. The Morgan fingerprint density at radius 2 is 0.671 bits per heavy atom. The Balaban J connectivity index is 0.000000267. The van der Waals surface area contributed by atoms with Crippen LogP contribution in [0.4, 0.5) is 0 Å². The molecule has 0 spiro atoms. The van der Waals surface area contributed by atoms with E-state index in [0.717, 1.165) is 90.3 Å². The summed E-state index contributed by atoms with van der Waals surface area (Å²) in [7, 11) is 0. The molecule has 1 amide bonds. The summed E-state index contributed by atoms with van der Waals surface area (Å²) in [4.78, 5) is 9.22. The van der Waals surface area contributed by atoms with Gasteiger partial charge in [-0.2, -0.15) is 0 Å². The first-order valence-corrected chi connectivity index (χ1v) is 30.5. The van der Waals surface area contributed by atoms with E-state index < -0.39 is 33.5 Å². The number of ether oxygens (including phenoxy) is 6. The van der Waals surface area contributed by atoms with Gasteiger partial charge < -0.3 is 47.8 Å². The average Bonchev–Trinajstić information content (AvgIpc) is 4.14. The molecular formula is C56H89NO10S3. The highest BCUT2D eigenvalue weighted by atomic mass is 32.2. The summed E-state index contributed by atoms with van der Waals surface area (Å²) in [6.07, 6.45) is 25.0. The van der Waals surface area contributed by atoms with Crippen molar-refractivity contribution in [2.24, 2.45) is 5.73 Å². The second-order valence-electron chi connectivity index (χ2n) is 18.8. The molecule has 70 heavy (non-hydrogen) atoms. The van der Waals surface area contributed by atoms with E-state index in [2.05, 4.69) is 47.3 Å². The van der Waals surface area contributed by atoms with Gasteiger partial charge in [0.1, 0.15) is 33.0 Å². The summed E-state index contributed by atoms with van der Waals surface area (Å²) < 4.78 is 69.1. The largest absolute Gasteiger partial charge is 0.616 e. The molecule has 6 rings (SSSR count). The molecule has 396 valence electrons. The minimum absolute atomic E-state index is 0.191. The minimum Gasteiger partial charge on any atom is -0.616 e. The number of amides is 1. The van der Waals surface area contributed by atoms with Crippen LogP contribution in [-0.4, -0.2) is 73.0 Å². The molecule has 0 aromatic heterocycles. The summed E-state index contributed by atoms with van der Waals surface area (Å²) in [5, 5.41) is 0.572. The first kappa shape index (κ1) is 61.2. The maximum atomic E-state index is 12.3. The number of fused-ring (bicyclic) bond motifs is 3. The molecule has 2 N–H and O–H groups in total. The zero-order valence-corrected chi connectivity index (χ0v) is 46.4. The second-order valence-corrected chi connectivity index (χ2v) is 24.7. The predicted molar refractivity (Wildman–Crippen MR) is 291 cm³/mol.